The number of likely N-dealkylation sites (tertiary alicyclic amines) is 1. The largest absolute Gasteiger partial charge is 0.312 e. The average molecular weight is 210 g/mol. The number of rotatable bonds is 4. The van der Waals surface area contributed by atoms with Gasteiger partial charge < -0.3 is 5.32 Å². The third kappa shape index (κ3) is 3.46. The van der Waals surface area contributed by atoms with Crippen molar-refractivity contribution in [3.8, 4) is 0 Å². The van der Waals surface area contributed by atoms with Crippen LogP contribution in [0, 0.1) is 11.8 Å². The number of nitrogens with zero attached hydrogens (tertiary/aromatic N) is 1. The number of nitrogens with one attached hydrogen (secondary N) is 1. The third-order valence-corrected chi connectivity index (χ3v) is 3.80. The van der Waals surface area contributed by atoms with Crippen LogP contribution in [-0.4, -0.2) is 36.6 Å². The number of hydrogen-bond donors (Lipinski definition) is 1. The van der Waals surface area contributed by atoms with Crippen LogP contribution >= 0.6 is 0 Å². The van der Waals surface area contributed by atoms with E-state index in [0.29, 0.717) is 0 Å². The summed E-state index contributed by atoms with van der Waals surface area (Å²) in [5, 5.41) is 3.64. The van der Waals surface area contributed by atoms with Gasteiger partial charge in [0.15, 0.2) is 0 Å². The molecule has 88 valence electrons. The van der Waals surface area contributed by atoms with E-state index in [-0.39, 0.29) is 0 Å². The first-order valence-electron chi connectivity index (χ1n) is 6.62. The molecule has 1 N–H and O–H groups in total. The van der Waals surface area contributed by atoms with Gasteiger partial charge in [0.2, 0.25) is 0 Å². The molecular formula is C13H26N2. The Balaban J connectivity index is 1.74. The Morgan fingerprint density at radius 3 is 2.33 bits per heavy atom. The lowest BCUT2D eigenvalue weighted by molar-refractivity contribution is 0.102. The summed E-state index contributed by atoms with van der Waals surface area (Å²) in [4.78, 5) is 2.67. The van der Waals surface area contributed by atoms with Gasteiger partial charge in [0.05, 0.1) is 0 Å². The fourth-order valence-electron chi connectivity index (χ4n) is 2.82. The van der Waals surface area contributed by atoms with Crippen LogP contribution in [0.1, 0.15) is 40.0 Å². The zero-order valence-corrected chi connectivity index (χ0v) is 10.5. The van der Waals surface area contributed by atoms with Crippen LogP contribution in [-0.2, 0) is 0 Å². The van der Waals surface area contributed by atoms with Crippen molar-refractivity contribution in [1.82, 2.24) is 10.2 Å². The molecule has 0 bridgehead atoms. The summed E-state index contributed by atoms with van der Waals surface area (Å²) in [6.45, 7) is 11.0. The molecule has 0 radical (unpaired) electrons. The highest BCUT2D eigenvalue weighted by Crippen LogP contribution is 2.23. The third-order valence-electron chi connectivity index (χ3n) is 3.80. The van der Waals surface area contributed by atoms with Crippen molar-refractivity contribution in [3.05, 3.63) is 0 Å². The molecule has 1 aliphatic heterocycles. The van der Waals surface area contributed by atoms with E-state index in [9.17, 15) is 0 Å². The monoisotopic (exact) mass is 210 g/mol. The van der Waals surface area contributed by atoms with Gasteiger partial charge in [-0.25, -0.2) is 0 Å². The first kappa shape index (κ1) is 11.4. The highest BCUT2D eigenvalue weighted by atomic mass is 15.2. The Bertz CT molecular complexity index is 191. The summed E-state index contributed by atoms with van der Waals surface area (Å²) in [6, 6.07) is 1.57. The minimum atomic E-state index is 0.718. The minimum Gasteiger partial charge on any atom is -0.312 e. The molecule has 0 aromatic heterocycles. The van der Waals surface area contributed by atoms with Crippen molar-refractivity contribution >= 4 is 0 Å². The SMILES string of the molecule is CC1CC(C)CN(C(C)CNC2CC2)C1. The van der Waals surface area contributed by atoms with Gasteiger partial charge in [-0.15, -0.1) is 0 Å². The van der Waals surface area contributed by atoms with Crippen LogP contribution in [0.15, 0.2) is 0 Å². The van der Waals surface area contributed by atoms with Gasteiger partial charge in [0, 0.05) is 31.7 Å². The molecule has 15 heavy (non-hydrogen) atoms. The fourth-order valence-corrected chi connectivity index (χ4v) is 2.82. The molecule has 1 aliphatic carbocycles. The van der Waals surface area contributed by atoms with Crippen molar-refractivity contribution in [1.29, 1.82) is 0 Å². The molecule has 2 nitrogen and oxygen atoms in total. The van der Waals surface area contributed by atoms with Gasteiger partial charge in [-0.05, 0) is 38.0 Å². The molecule has 0 aromatic carbocycles. The Morgan fingerprint density at radius 1 is 1.20 bits per heavy atom. The zero-order valence-electron chi connectivity index (χ0n) is 10.5. The summed E-state index contributed by atoms with van der Waals surface area (Å²) in [6.07, 6.45) is 4.22. The van der Waals surface area contributed by atoms with E-state index < -0.39 is 0 Å². The first-order chi connectivity index (χ1) is 7.15. The maximum Gasteiger partial charge on any atom is 0.0192 e. The van der Waals surface area contributed by atoms with Gasteiger partial charge in [0.1, 0.15) is 0 Å². The summed E-state index contributed by atoms with van der Waals surface area (Å²) in [5.74, 6) is 1.77. The van der Waals surface area contributed by atoms with Crippen LogP contribution < -0.4 is 5.32 Å². The lowest BCUT2D eigenvalue weighted by Crippen LogP contribution is -2.47. The molecule has 0 spiro atoms. The molecule has 1 saturated heterocycles. The van der Waals surface area contributed by atoms with Crippen LogP contribution in [0.5, 0.6) is 0 Å². The van der Waals surface area contributed by atoms with Crippen LogP contribution in [0.25, 0.3) is 0 Å². The van der Waals surface area contributed by atoms with Gasteiger partial charge in [-0.1, -0.05) is 13.8 Å². The van der Waals surface area contributed by atoms with Crippen molar-refractivity contribution in [2.75, 3.05) is 19.6 Å². The van der Waals surface area contributed by atoms with Crippen LogP contribution in [0.4, 0.5) is 0 Å². The summed E-state index contributed by atoms with van der Waals surface area (Å²) < 4.78 is 0. The smallest absolute Gasteiger partial charge is 0.0192 e. The molecule has 2 heteroatoms. The molecule has 2 aliphatic rings. The van der Waals surface area contributed by atoms with Crippen molar-refractivity contribution in [2.24, 2.45) is 11.8 Å². The van der Waals surface area contributed by atoms with E-state index in [1.54, 1.807) is 0 Å². The van der Waals surface area contributed by atoms with E-state index in [1.807, 2.05) is 0 Å². The van der Waals surface area contributed by atoms with E-state index in [1.165, 1.54) is 38.9 Å². The van der Waals surface area contributed by atoms with Gasteiger partial charge in [0.25, 0.3) is 0 Å². The lowest BCUT2D eigenvalue weighted by Gasteiger charge is -2.39. The number of hydrogen-bond acceptors (Lipinski definition) is 2. The zero-order chi connectivity index (χ0) is 10.8. The Kier molecular flexibility index (Phi) is 3.68. The van der Waals surface area contributed by atoms with Crippen LogP contribution in [0.3, 0.4) is 0 Å². The second-order valence-corrected chi connectivity index (χ2v) is 5.93. The van der Waals surface area contributed by atoms with E-state index >= 15 is 0 Å². The molecule has 1 heterocycles. The predicted molar refractivity (Wildman–Crippen MR) is 65.0 cm³/mol. The predicted octanol–water partition coefficient (Wildman–Crippen LogP) is 2.10. The van der Waals surface area contributed by atoms with Crippen LogP contribution in [0.2, 0.25) is 0 Å². The maximum absolute atomic E-state index is 3.64. The quantitative estimate of drug-likeness (QED) is 0.764. The molecule has 2 fully saturated rings. The van der Waals surface area contributed by atoms with Gasteiger partial charge in [-0.2, -0.15) is 0 Å². The Labute approximate surface area is 94.4 Å². The highest BCUT2D eigenvalue weighted by Gasteiger charge is 2.27. The molecular weight excluding hydrogens is 184 g/mol. The van der Waals surface area contributed by atoms with Crippen molar-refractivity contribution in [2.45, 2.75) is 52.1 Å². The second kappa shape index (κ2) is 4.84. The summed E-state index contributed by atoms with van der Waals surface area (Å²) >= 11 is 0. The second-order valence-electron chi connectivity index (χ2n) is 5.93. The normalized spacial score (nSPS) is 35.4. The fraction of sp³-hybridized carbons (Fsp3) is 1.00. The first-order valence-corrected chi connectivity index (χ1v) is 6.62. The van der Waals surface area contributed by atoms with E-state index in [4.69, 9.17) is 0 Å². The molecule has 0 aromatic rings. The maximum atomic E-state index is 3.64. The number of piperidine rings is 1. The molecule has 3 unspecified atom stereocenters. The van der Waals surface area contributed by atoms with Crippen molar-refractivity contribution < 1.29 is 0 Å². The summed E-state index contributed by atoms with van der Waals surface area (Å²) in [5.41, 5.74) is 0. The molecule has 3 atom stereocenters. The Hall–Kier alpha value is -0.0800. The van der Waals surface area contributed by atoms with E-state index in [0.717, 1.165) is 23.9 Å². The van der Waals surface area contributed by atoms with Crippen molar-refractivity contribution in [3.63, 3.8) is 0 Å². The molecule has 0 amide bonds. The minimum absolute atomic E-state index is 0.718. The summed E-state index contributed by atoms with van der Waals surface area (Å²) in [7, 11) is 0. The molecule has 2 rings (SSSR count). The lowest BCUT2D eigenvalue weighted by atomic mass is 9.91. The van der Waals surface area contributed by atoms with Gasteiger partial charge >= 0.3 is 0 Å². The standard InChI is InChI=1S/C13H26N2/c1-10-6-11(2)9-15(8-10)12(3)7-14-13-4-5-13/h10-14H,4-9H2,1-3H3. The average Bonchev–Trinajstić information content (AvgIpc) is 2.96. The Morgan fingerprint density at radius 2 is 1.80 bits per heavy atom. The molecule has 1 saturated carbocycles. The van der Waals surface area contributed by atoms with Gasteiger partial charge in [-0.3, -0.25) is 4.90 Å². The topological polar surface area (TPSA) is 15.3 Å². The van der Waals surface area contributed by atoms with E-state index in [2.05, 4.69) is 31.0 Å². The highest BCUT2D eigenvalue weighted by molar-refractivity contribution is 4.85.